The van der Waals surface area contributed by atoms with Crippen LogP contribution in [0.15, 0.2) is 40.6 Å². The molecule has 0 aliphatic heterocycles. The van der Waals surface area contributed by atoms with E-state index in [2.05, 4.69) is 20.3 Å². The molecule has 0 aliphatic carbocycles. The molecule has 11 heteroatoms. The first kappa shape index (κ1) is 19.3. The second-order valence-electron chi connectivity index (χ2n) is 6.11. The van der Waals surface area contributed by atoms with Crippen LogP contribution in [-0.2, 0) is 0 Å². The fourth-order valence-electron chi connectivity index (χ4n) is 2.56. The molecule has 0 spiro atoms. The molecular weight excluding hydrogens is 372 g/mol. The van der Waals surface area contributed by atoms with Crippen LogP contribution in [0.2, 0.25) is 0 Å². The topological polar surface area (TPSA) is 154 Å². The van der Waals surface area contributed by atoms with Crippen molar-refractivity contribution in [3.8, 4) is 17.8 Å². The van der Waals surface area contributed by atoms with Crippen molar-refractivity contribution >= 4 is 23.5 Å². The van der Waals surface area contributed by atoms with E-state index in [1.807, 2.05) is 30.3 Å². The highest BCUT2D eigenvalue weighted by molar-refractivity contribution is 5.81. The predicted molar refractivity (Wildman–Crippen MR) is 103 cm³/mol. The van der Waals surface area contributed by atoms with Crippen molar-refractivity contribution < 1.29 is 4.79 Å². The SMILES string of the molecule is Cc1nn(-c2ccccc2)c(N)c1/N=N/c1nc(C#N)c(C#N)n1C(=O)N(C)C. The third-order valence-corrected chi connectivity index (χ3v) is 3.95. The van der Waals surface area contributed by atoms with Crippen LogP contribution in [0.3, 0.4) is 0 Å². The van der Waals surface area contributed by atoms with Crippen molar-refractivity contribution in [3.63, 3.8) is 0 Å². The Kier molecular flexibility index (Phi) is 5.06. The van der Waals surface area contributed by atoms with Gasteiger partial charge in [0.1, 0.15) is 12.1 Å². The Hall–Kier alpha value is -4.51. The number of hydrogen-bond donors (Lipinski definition) is 1. The van der Waals surface area contributed by atoms with E-state index in [9.17, 15) is 15.3 Å². The molecule has 2 N–H and O–H groups in total. The number of imidazole rings is 1. The number of para-hydroxylation sites is 1. The summed E-state index contributed by atoms with van der Waals surface area (Å²) in [4.78, 5) is 17.6. The summed E-state index contributed by atoms with van der Waals surface area (Å²) >= 11 is 0. The van der Waals surface area contributed by atoms with Crippen molar-refractivity contribution in [2.24, 2.45) is 10.2 Å². The summed E-state index contributed by atoms with van der Waals surface area (Å²) < 4.78 is 2.44. The number of nitrogens with two attached hydrogens (primary N) is 1. The molecule has 0 aliphatic rings. The minimum absolute atomic E-state index is 0.205. The van der Waals surface area contributed by atoms with Crippen molar-refractivity contribution in [3.05, 3.63) is 47.4 Å². The average Bonchev–Trinajstić information content (AvgIpc) is 3.22. The Morgan fingerprint density at radius 3 is 2.45 bits per heavy atom. The van der Waals surface area contributed by atoms with E-state index in [0.717, 1.165) is 10.3 Å². The van der Waals surface area contributed by atoms with Gasteiger partial charge in [-0.1, -0.05) is 18.2 Å². The number of amides is 1. The summed E-state index contributed by atoms with van der Waals surface area (Å²) in [7, 11) is 3.00. The fourth-order valence-corrected chi connectivity index (χ4v) is 2.56. The lowest BCUT2D eigenvalue weighted by Gasteiger charge is -2.11. The molecule has 2 aromatic heterocycles. The van der Waals surface area contributed by atoms with E-state index < -0.39 is 6.03 Å². The molecule has 3 rings (SSSR count). The average molecular weight is 388 g/mol. The van der Waals surface area contributed by atoms with Gasteiger partial charge in [-0.15, -0.1) is 10.2 Å². The van der Waals surface area contributed by atoms with Crippen molar-refractivity contribution in [1.29, 1.82) is 10.5 Å². The Morgan fingerprint density at radius 1 is 1.17 bits per heavy atom. The lowest BCUT2D eigenvalue weighted by molar-refractivity contribution is 0.219. The molecular formula is C18H16N10O. The summed E-state index contributed by atoms with van der Waals surface area (Å²) in [5.74, 6) is 0.0403. The number of carbonyl (C=O) groups excluding carboxylic acids is 1. The van der Waals surface area contributed by atoms with Crippen LogP contribution in [0.4, 0.5) is 22.2 Å². The number of hydrogen-bond acceptors (Lipinski definition) is 8. The van der Waals surface area contributed by atoms with E-state index in [4.69, 9.17) is 5.73 Å². The van der Waals surface area contributed by atoms with Gasteiger partial charge in [-0.05, 0) is 19.1 Å². The molecule has 144 valence electrons. The molecule has 2 heterocycles. The molecule has 1 aromatic carbocycles. The molecule has 0 unspecified atom stereocenters. The number of aromatic nitrogens is 4. The predicted octanol–water partition coefficient (Wildman–Crippen LogP) is 2.65. The van der Waals surface area contributed by atoms with Gasteiger partial charge >= 0.3 is 6.03 Å². The van der Waals surface area contributed by atoms with Gasteiger partial charge in [0.05, 0.1) is 11.4 Å². The number of aryl methyl sites for hydroxylation is 1. The van der Waals surface area contributed by atoms with Gasteiger partial charge in [0.15, 0.2) is 22.9 Å². The zero-order chi connectivity index (χ0) is 21.1. The number of anilines is 1. The number of carbonyl (C=O) groups is 1. The van der Waals surface area contributed by atoms with E-state index in [1.165, 1.54) is 23.7 Å². The van der Waals surface area contributed by atoms with E-state index in [-0.39, 0.29) is 28.8 Å². The first-order valence-electron chi connectivity index (χ1n) is 8.35. The number of azo groups is 1. The van der Waals surface area contributed by atoms with Crippen molar-refractivity contribution in [2.75, 3.05) is 19.8 Å². The van der Waals surface area contributed by atoms with Gasteiger partial charge in [0.2, 0.25) is 0 Å². The molecule has 0 bridgehead atoms. The molecule has 11 nitrogen and oxygen atoms in total. The second-order valence-corrected chi connectivity index (χ2v) is 6.11. The molecule has 29 heavy (non-hydrogen) atoms. The Bertz CT molecular complexity index is 1190. The highest BCUT2D eigenvalue weighted by atomic mass is 16.2. The molecule has 0 saturated heterocycles. The first-order valence-corrected chi connectivity index (χ1v) is 8.35. The van der Waals surface area contributed by atoms with Crippen LogP contribution < -0.4 is 5.73 Å². The van der Waals surface area contributed by atoms with Crippen molar-refractivity contribution in [1.82, 2.24) is 24.2 Å². The zero-order valence-electron chi connectivity index (χ0n) is 15.9. The normalized spacial score (nSPS) is 10.7. The Balaban J connectivity index is 2.09. The van der Waals surface area contributed by atoms with Crippen molar-refractivity contribution in [2.45, 2.75) is 6.92 Å². The molecule has 0 radical (unpaired) electrons. The Morgan fingerprint density at radius 2 is 1.86 bits per heavy atom. The van der Waals surface area contributed by atoms with Gasteiger partial charge in [0.25, 0.3) is 5.95 Å². The van der Waals surface area contributed by atoms with Crippen LogP contribution in [0.5, 0.6) is 0 Å². The maximum Gasteiger partial charge on any atom is 0.331 e. The van der Waals surface area contributed by atoms with Crippen LogP contribution >= 0.6 is 0 Å². The molecule has 0 saturated carbocycles. The minimum atomic E-state index is -0.589. The molecule has 1 amide bonds. The largest absolute Gasteiger partial charge is 0.382 e. The summed E-state index contributed by atoms with van der Waals surface area (Å²) in [6.45, 7) is 1.71. The summed E-state index contributed by atoms with van der Waals surface area (Å²) in [6, 6.07) is 12.2. The number of rotatable bonds is 3. The standard InChI is InChI=1S/C18H16N10O/c1-11-15(16(21)28(25-11)12-7-5-4-6-8-12)23-24-17-22-13(9-19)14(10-20)27(17)18(29)26(2)3/h4-8H,21H2,1-3H3/b24-23+. The van der Waals surface area contributed by atoms with Gasteiger partial charge in [-0.25, -0.2) is 14.0 Å². The fraction of sp³-hybridized carbons (Fsp3) is 0.167. The number of benzene rings is 1. The zero-order valence-corrected chi connectivity index (χ0v) is 15.9. The molecule has 0 fully saturated rings. The summed E-state index contributed by atoms with van der Waals surface area (Å²) in [6.07, 6.45) is 0. The van der Waals surface area contributed by atoms with E-state index in [0.29, 0.717) is 5.69 Å². The third-order valence-electron chi connectivity index (χ3n) is 3.95. The third kappa shape index (κ3) is 3.40. The molecule has 0 atom stereocenters. The monoisotopic (exact) mass is 388 g/mol. The van der Waals surface area contributed by atoms with E-state index >= 15 is 0 Å². The minimum Gasteiger partial charge on any atom is -0.382 e. The summed E-state index contributed by atoms with van der Waals surface area (Å²) in [5.41, 5.74) is 7.28. The maximum absolute atomic E-state index is 12.5. The summed E-state index contributed by atoms with van der Waals surface area (Å²) in [5, 5.41) is 31.0. The van der Waals surface area contributed by atoms with Gasteiger partial charge < -0.3 is 10.6 Å². The Labute approximate surface area is 165 Å². The van der Waals surface area contributed by atoms with Crippen LogP contribution in [0, 0.1) is 29.6 Å². The number of nitrogen functional groups attached to an aromatic ring is 1. The first-order chi connectivity index (χ1) is 13.9. The van der Waals surface area contributed by atoms with Gasteiger partial charge in [-0.3, -0.25) is 0 Å². The van der Waals surface area contributed by atoms with Crippen LogP contribution in [0.25, 0.3) is 5.69 Å². The highest BCUT2D eigenvalue weighted by Gasteiger charge is 2.24. The lowest BCUT2D eigenvalue weighted by Crippen LogP contribution is -2.28. The lowest BCUT2D eigenvalue weighted by atomic mass is 10.3. The molecule has 3 aromatic rings. The van der Waals surface area contributed by atoms with E-state index in [1.54, 1.807) is 19.1 Å². The second kappa shape index (κ2) is 7.62. The quantitative estimate of drug-likeness (QED) is 0.680. The van der Waals surface area contributed by atoms with Crippen LogP contribution in [-0.4, -0.2) is 44.4 Å². The van der Waals surface area contributed by atoms with Gasteiger partial charge in [0, 0.05) is 14.1 Å². The number of nitrogens with zero attached hydrogens (tertiary/aromatic N) is 9. The smallest absolute Gasteiger partial charge is 0.331 e. The van der Waals surface area contributed by atoms with Gasteiger partial charge in [-0.2, -0.15) is 20.6 Å². The maximum atomic E-state index is 12.5. The van der Waals surface area contributed by atoms with Crippen LogP contribution in [0.1, 0.15) is 17.1 Å². The number of nitriles is 2. The highest BCUT2D eigenvalue weighted by Crippen LogP contribution is 2.30.